The number of aliphatic imine (C=N–C) groups is 1. The summed E-state index contributed by atoms with van der Waals surface area (Å²) in [6.07, 6.45) is 0.0653. The van der Waals surface area contributed by atoms with Crippen LogP contribution in [0.3, 0.4) is 0 Å². The van der Waals surface area contributed by atoms with Crippen molar-refractivity contribution in [3.63, 3.8) is 0 Å². The number of hydrazine groups is 1. The predicted molar refractivity (Wildman–Crippen MR) is 177 cm³/mol. The standard InChI is InChI=1S/C39H30N4/c1-3-11-28(12-4-1)30-19-23-32(24-20-30)38(40-27-42-36-17-9-7-15-34(36)35-16-8-10-18-37(35)42)43-39(41-43)33-25-21-31(22-26-33)29-13-5-2-6-14-29/h1-26,39,41H,27H2. The van der Waals surface area contributed by atoms with Crippen molar-refractivity contribution in [3.05, 3.63) is 169 Å². The lowest BCUT2D eigenvalue weighted by Gasteiger charge is -2.12. The van der Waals surface area contributed by atoms with E-state index in [-0.39, 0.29) is 6.17 Å². The summed E-state index contributed by atoms with van der Waals surface area (Å²) in [7, 11) is 0. The lowest BCUT2D eigenvalue weighted by atomic mass is 10.0. The lowest BCUT2D eigenvalue weighted by molar-refractivity contribution is 0.696. The molecule has 1 unspecified atom stereocenters. The highest BCUT2D eigenvalue weighted by Crippen LogP contribution is 2.34. The van der Waals surface area contributed by atoms with Crippen LogP contribution in [-0.4, -0.2) is 15.4 Å². The summed E-state index contributed by atoms with van der Waals surface area (Å²) in [5.74, 6) is 0.929. The number of benzene rings is 6. The molecule has 4 nitrogen and oxygen atoms in total. The van der Waals surface area contributed by atoms with Crippen LogP contribution < -0.4 is 5.43 Å². The average molecular weight is 555 g/mol. The number of hydrogen-bond donors (Lipinski definition) is 1. The summed E-state index contributed by atoms with van der Waals surface area (Å²) in [6, 6.07) is 55.8. The molecule has 1 fully saturated rings. The number of aromatic nitrogens is 1. The van der Waals surface area contributed by atoms with Crippen LogP contribution in [-0.2, 0) is 6.67 Å². The van der Waals surface area contributed by atoms with E-state index < -0.39 is 0 Å². The van der Waals surface area contributed by atoms with E-state index >= 15 is 0 Å². The molecule has 4 heteroatoms. The first kappa shape index (κ1) is 25.3. The van der Waals surface area contributed by atoms with Crippen LogP contribution in [0.4, 0.5) is 0 Å². The van der Waals surface area contributed by atoms with Crippen molar-refractivity contribution in [2.45, 2.75) is 12.8 Å². The van der Waals surface area contributed by atoms with E-state index in [2.05, 4.69) is 173 Å². The average Bonchev–Trinajstić information content (AvgIpc) is 3.82. The highest BCUT2D eigenvalue weighted by Gasteiger charge is 2.38. The Balaban J connectivity index is 1.15. The zero-order valence-corrected chi connectivity index (χ0v) is 23.6. The monoisotopic (exact) mass is 554 g/mol. The van der Waals surface area contributed by atoms with Gasteiger partial charge in [-0.25, -0.2) is 10.4 Å². The molecule has 1 saturated heterocycles. The third-order valence-electron chi connectivity index (χ3n) is 8.31. The minimum atomic E-state index is 0.0653. The van der Waals surface area contributed by atoms with Gasteiger partial charge in [-0.15, -0.1) is 0 Å². The topological polar surface area (TPSA) is 42.2 Å². The van der Waals surface area contributed by atoms with Crippen LogP contribution in [0.2, 0.25) is 0 Å². The van der Waals surface area contributed by atoms with E-state index in [1.54, 1.807) is 0 Å². The number of amidine groups is 1. The highest BCUT2D eigenvalue weighted by molar-refractivity contribution is 6.08. The van der Waals surface area contributed by atoms with Gasteiger partial charge in [0.15, 0.2) is 0 Å². The Morgan fingerprint density at radius 2 is 0.977 bits per heavy atom. The van der Waals surface area contributed by atoms with Gasteiger partial charge < -0.3 is 4.57 Å². The maximum atomic E-state index is 5.29. The van der Waals surface area contributed by atoms with E-state index in [1.165, 1.54) is 49.6 Å². The number of nitrogens with one attached hydrogen (secondary N) is 1. The predicted octanol–water partition coefficient (Wildman–Crippen LogP) is 9.05. The molecule has 1 N–H and O–H groups in total. The van der Waals surface area contributed by atoms with Gasteiger partial charge >= 0.3 is 0 Å². The smallest absolute Gasteiger partial charge is 0.149 e. The zero-order chi connectivity index (χ0) is 28.6. The van der Waals surface area contributed by atoms with Crippen LogP contribution in [0, 0.1) is 0 Å². The van der Waals surface area contributed by atoms with E-state index in [4.69, 9.17) is 4.99 Å². The van der Waals surface area contributed by atoms with Crippen molar-refractivity contribution in [2.24, 2.45) is 4.99 Å². The van der Waals surface area contributed by atoms with Crippen molar-refractivity contribution < 1.29 is 0 Å². The minimum absolute atomic E-state index is 0.0653. The molecule has 1 aliphatic heterocycles. The third-order valence-corrected chi connectivity index (χ3v) is 8.31. The number of fused-ring (bicyclic) bond motifs is 3. The molecule has 7 aromatic rings. The first-order chi connectivity index (χ1) is 21.3. The van der Waals surface area contributed by atoms with Crippen LogP contribution >= 0.6 is 0 Å². The van der Waals surface area contributed by atoms with E-state index in [0.717, 1.165) is 11.4 Å². The number of rotatable bonds is 6. The number of hydrogen-bond acceptors (Lipinski definition) is 2. The number of para-hydroxylation sites is 2. The quantitative estimate of drug-likeness (QED) is 0.127. The second-order valence-corrected chi connectivity index (χ2v) is 10.9. The van der Waals surface area contributed by atoms with Gasteiger partial charge in [-0.3, -0.25) is 5.01 Å². The molecule has 0 amide bonds. The molecular weight excluding hydrogens is 524 g/mol. The zero-order valence-electron chi connectivity index (χ0n) is 23.6. The highest BCUT2D eigenvalue weighted by atomic mass is 15.8. The molecule has 1 aromatic heterocycles. The Bertz CT molecular complexity index is 2010. The van der Waals surface area contributed by atoms with Gasteiger partial charge in [0.1, 0.15) is 18.7 Å². The third kappa shape index (κ3) is 4.78. The Morgan fingerprint density at radius 3 is 1.53 bits per heavy atom. The van der Waals surface area contributed by atoms with Crippen LogP contribution in [0.5, 0.6) is 0 Å². The van der Waals surface area contributed by atoms with Crippen molar-refractivity contribution in [1.82, 2.24) is 15.0 Å². The summed E-state index contributed by atoms with van der Waals surface area (Å²) in [6.45, 7) is 0.516. The van der Waals surface area contributed by atoms with E-state index in [0.29, 0.717) is 6.67 Å². The SMILES string of the molecule is c1ccc(-c2ccc(C(=NCn3c4ccccc4c4ccccc43)N3NC3c3ccc(-c4ccccc4)cc3)cc2)cc1. The summed E-state index contributed by atoms with van der Waals surface area (Å²) in [5.41, 5.74) is 13.1. The Hall–Kier alpha value is -5.45. The van der Waals surface area contributed by atoms with Crippen molar-refractivity contribution in [2.75, 3.05) is 0 Å². The van der Waals surface area contributed by atoms with Crippen molar-refractivity contribution in [3.8, 4) is 22.3 Å². The fourth-order valence-corrected chi connectivity index (χ4v) is 6.04. The van der Waals surface area contributed by atoms with Gasteiger partial charge in [-0.05, 0) is 39.9 Å². The molecule has 0 spiro atoms. The molecule has 6 aromatic carbocycles. The van der Waals surface area contributed by atoms with Gasteiger partial charge in [0.25, 0.3) is 0 Å². The summed E-state index contributed by atoms with van der Waals surface area (Å²) in [4.78, 5) is 5.29. The molecule has 0 bridgehead atoms. The van der Waals surface area contributed by atoms with Gasteiger partial charge in [0, 0.05) is 16.3 Å². The Morgan fingerprint density at radius 1 is 0.512 bits per heavy atom. The fraction of sp³-hybridized carbons (Fsp3) is 0.0513. The van der Waals surface area contributed by atoms with E-state index in [9.17, 15) is 0 Å². The summed E-state index contributed by atoms with van der Waals surface area (Å²) >= 11 is 0. The molecule has 1 aliphatic rings. The van der Waals surface area contributed by atoms with Gasteiger partial charge in [-0.1, -0.05) is 146 Å². The van der Waals surface area contributed by atoms with E-state index in [1.807, 2.05) is 0 Å². The minimum Gasteiger partial charge on any atom is -0.320 e. The van der Waals surface area contributed by atoms with Crippen LogP contribution in [0.15, 0.2) is 163 Å². The number of nitrogens with zero attached hydrogens (tertiary/aromatic N) is 3. The fourth-order valence-electron chi connectivity index (χ4n) is 6.04. The van der Waals surface area contributed by atoms with Gasteiger partial charge in [0.05, 0.1) is 11.0 Å². The molecule has 206 valence electrons. The lowest BCUT2D eigenvalue weighted by Crippen LogP contribution is -2.17. The second kappa shape index (κ2) is 10.8. The largest absolute Gasteiger partial charge is 0.320 e. The molecule has 1 atom stereocenters. The Kier molecular flexibility index (Phi) is 6.32. The molecule has 43 heavy (non-hydrogen) atoms. The molecule has 8 rings (SSSR count). The molecular formula is C39H30N4. The molecule has 2 heterocycles. The molecule has 0 aliphatic carbocycles. The Labute approximate surface area is 251 Å². The normalized spacial score (nSPS) is 14.8. The first-order valence-corrected chi connectivity index (χ1v) is 14.7. The molecule has 0 saturated carbocycles. The van der Waals surface area contributed by atoms with Crippen LogP contribution in [0.25, 0.3) is 44.1 Å². The summed E-state index contributed by atoms with van der Waals surface area (Å²) in [5, 5.41) is 4.69. The summed E-state index contributed by atoms with van der Waals surface area (Å²) < 4.78 is 2.32. The molecule has 0 radical (unpaired) electrons. The maximum Gasteiger partial charge on any atom is 0.149 e. The van der Waals surface area contributed by atoms with Gasteiger partial charge in [0.2, 0.25) is 0 Å². The first-order valence-electron chi connectivity index (χ1n) is 14.7. The second-order valence-electron chi connectivity index (χ2n) is 10.9. The van der Waals surface area contributed by atoms with Crippen LogP contribution in [0.1, 0.15) is 17.3 Å². The maximum absolute atomic E-state index is 5.29. The van der Waals surface area contributed by atoms with Gasteiger partial charge in [-0.2, -0.15) is 0 Å². The van der Waals surface area contributed by atoms with Crippen molar-refractivity contribution in [1.29, 1.82) is 0 Å². The van der Waals surface area contributed by atoms with Crippen molar-refractivity contribution >= 4 is 27.6 Å².